The third kappa shape index (κ3) is 2.81. The number of fused-ring (bicyclic) bond motifs is 1. The van der Waals surface area contributed by atoms with Gasteiger partial charge in [-0.15, -0.1) is 0 Å². The Hall–Kier alpha value is -2.70. The number of para-hydroxylation sites is 1. The van der Waals surface area contributed by atoms with Gasteiger partial charge in [-0.05, 0) is 36.8 Å². The average Bonchev–Trinajstić information content (AvgIpc) is 2.46. The van der Waals surface area contributed by atoms with Gasteiger partial charge in [-0.1, -0.05) is 12.1 Å². The normalized spacial score (nSPS) is 11.9. The number of aromatic nitrogens is 2. The third-order valence-electron chi connectivity index (χ3n) is 3.44. The van der Waals surface area contributed by atoms with Crippen molar-refractivity contribution in [2.24, 2.45) is 0 Å². The predicted octanol–water partition coefficient (Wildman–Crippen LogP) is 4.06. The standard InChI is InChI=1S/C16H10F4N2O/c1-8-3-2-4-12-13(8)21-14(22-15(12)23)9-5-10(16(18,19)20)7-11(17)6-9/h2-7H,1H3,(H,21,22,23). The van der Waals surface area contributed by atoms with Gasteiger partial charge in [-0.25, -0.2) is 9.37 Å². The molecule has 3 nitrogen and oxygen atoms in total. The highest BCUT2D eigenvalue weighted by Crippen LogP contribution is 2.32. The molecule has 118 valence electrons. The maximum absolute atomic E-state index is 13.5. The van der Waals surface area contributed by atoms with Gasteiger partial charge in [0.25, 0.3) is 5.56 Å². The zero-order valence-electron chi connectivity index (χ0n) is 11.8. The summed E-state index contributed by atoms with van der Waals surface area (Å²) in [5, 5.41) is 0.321. The van der Waals surface area contributed by atoms with E-state index in [1.165, 1.54) is 0 Å². The van der Waals surface area contributed by atoms with Crippen molar-refractivity contribution < 1.29 is 17.6 Å². The molecule has 0 fully saturated rings. The van der Waals surface area contributed by atoms with Gasteiger partial charge in [0.1, 0.15) is 11.6 Å². The van der Waals surface area contributed by atoms with Crippen molar-refractivity contribution in [3.05, 3.63) is 63.7 Å². The number of rotatable bonds is 1. The SMILES string of the molecule is Cc1cccc2c(=O)[nH]c(-c3cc(F)cc(C(F)(F)F)c3)nc12. The highest BCUT2D eigenvalue weighted by atomic mass is 19.4. The van der Waals surface area contributed by atoms with Crippen LogP contribution in [0.25, 0.3) is 22.3 Å². The van der Waals surface area contributed by atoms with E-state index in [0.717, 1.165) is 12.1 Å². The number of nitrogens with one attached hydrogen (secondary N) is 1. The highest BCUT2D eigenvalue weighted by molar-refractivity contribution is 5.82. The maximum Gasteiger partial charge on any atom is 0.416 e. The van der Waals surface area contributed by atoms with Gasteiger partial charge in [0.05, 0.1) is 16.5 Å². The number of hydrogen-bond donors (Lipinski definition) is 1. The second-order valence-electron chi connectivity index (χ2n) is 5.11. The monoisotopic (exact) mass is 322 g/mol. The molecule has 0 unspecified atom stereocenters. The van der Waals surface area contributed by atoms with Gasteiger partial charge in [-0.3, -0.25) is 4.79 Å². The summed E-state index contributed by atoms with van der Waals surface area (Å²) in [6.45, 7) is 1.73. The van der Waals surface area contributed by atoms with Gasteiger partial charge < -0.3 is 4.98 Å². The molecule has 0 saturated carbocycles. The van der Waals surface area contributed by atoms with Crippen molar-refractivity contribution in [3.63, 3.8) is 0 Å². The average molecular weight is 322 g/mol. The van der Waals surface area contributed by atoms with Gasteiger partial charge in [0.15, 0.2) is 0 Å². The van der Waals surface area contributed by atoms with Crippen LogP contribution in [0.1, 0.15) is 11.1 Å². The summed E-state index contributed by atoms with van der Waals surface area (Å²) in [5.74, 6) is -1.16. The molecular weight excluding hydrogens is 312 g/mol. The Balaban J connectivity index is 2.27. The van der Waals surface area contributed by atoms with E-state index in [0.29, 0.717) is 22.5 Å². The van der Waals surface area contributed by atoms with Gasteiger partial charge >= 0.3 is 6.18 Å². The summed E-state index contributed by atoms with van der Waals surface area (Å²) in [6, 6.07) is 7.02. The third-order valence-corrected chi connectivity index (χ3v) is 3.44. The van der Waals surface area contributed by atoms with Gasteiger partial charge in [-0.2, -0.15) is 13.2 Å². The van der Waals surface area contributed by atoms with Crippen LogP contribution in [-0.4, -0.2) is 9.97 Å². The van der Waals surface area contributed by atoms with Crippen LogP contribution in [0, 0.1) is 12.7 Å². The molecule has 2 aromatic carbocycles. The minimum Gasteiger partial charge on any atom is -0.306 e. The number of nitrogens with zero attached hydrogens (tertiary/aromatic N) is 1. The van der Waals surface area contributed by atoms with Crippen molar-refractivity contribution >= 4 is 10.9 Å². The molecule has 0 atom stereocenters. The quantitative estimate of drug-likeness (QED) is 0.687. The molecule has 0 radical (unpaired) electrons. The molecule has 1 heterocycles. The summed E-state index contributed by atoms with van der Waals surface area (Å²) in [5.41, 5.74) is -0.711. The van der Waals surface area contributed by atoms with Crippen molar-refractivity contribution in [1.82, 2.24) is 9.97 Å². The summed E-state index contributed by atoms with van der Waals surface area (Å²) in [7, 11) is 0. The minimum atomic E-state index is -4.69. The van der Waals surface area contributed by atoms with Crippen molar-refractivity contribution in [2.75, 3.05) is 0 Å². The lowest BCUT2D eigenvalue weighted by atomic mass is 10.1. The number of halogens is 4. The molecule has 3 aromatic rings. The summed E-state index contributed by atoms with van der Waals surface area (Å²) >= 11 is 0. The number of alkyl halides is 3. The Bertz CT molecular complexity index is 960. The second kappa shape index (κ2) is 5.19. The first-order chi connectivity index (χ1) is 10.8. The fraction of sp³-hybridized carbons (Fsp3) is 0.125. The lowest BCUT2D eigenvalue weighted by Crippen LogP contribution is -2.11. The molecular formula is C16H10F4N2O. The van der Waals surface area contributed by atoms with Crippen molar-refractivity contribution in [3.8, 4) is 11.4 Å². The molecule has 1 N–H and O–H groups in total. The first kappa shape index (κ1) is 15.2. The number of aryl methyl sites for hydroxylation is 1. The Morgan fingerprint density at radius 3 is 2.57 bits per heavy atom. The molecule has 0 spiro atoms. The lowest BCUT2D eigenvalue weighted by Gasteiger charge is -2.10. The number of hydrogen-bond acceptors (Lipinski definition) is 2. The van der Waals surface area contributed by atoms with E-state index >= 15 is 0 Å². The Labute approximate surface area is 127 Å². The van der Waals surface area contributed by atoms with Crippen molar-refractivity contribution in [2.45, 2.75) is 13.1 Å². The number of aromatic amines is 1. The zero-order chi connectivity index (χ0) is 16.8. The molecule has 0 bridgehead atoms. The summed E-state index contributed by atoms with van der Waals surface area (Å²) in [4.78, 5) is 18.7. The van der Waals surface area contributed by atoms with Crippen LogP contribution in [-0.2, 0) is 6.18 Å². The first-order valence-corrected chi connectivity index (χ1v) is 6.63. The zero-order valence-corrected chi connectivity index (χ0v) is 11.8. The fourth-order valence-corrected chi connectivity index (χ4v) is 2.33. The molecule has 0 aliphatic carbocycles. The smallest absolute Gasteiger partial charge is 0.306 e. The number of benzene rings is 2. The molecule has 0 saturated heterocycles. The molecule has 0 amide bonds. The van der Waals surface area contributed by atoms with E-state index in [1.54, 1.807) is 25.1 Å². The number of H-pyrrole nitrogens is 1. The predicted molar refractivity (Wildman–Crippen MR) is 77.5 cm³/mol. The Morgan fingerprint density at radius 2 is 1.87 bits per heavy atom. The topological polar surface area (TPSA) is 45.8 Å². The van der Waals surface area contributed by atoms with Crippen LogP contribution >= 0.6 is 0 Å². The Kier molecular flexibility index (Phi) is 3.43. The molecule has 0 aliphatic rings. The summed E-state index contributed by atoms with van der Waals surface area (Å²) < 4.78 is 51.9. The van der Waals surface area contributed by atoms with Gasteiger partial charge in [0.2, 0.25) is 0 Å². The molecule has 3 rings (SSSR count). The highest BCUT2D eigenvalue weighted by Gasteiger charge is 2.31. The Morgan fingerprint density at radius 1 is 1.13 bits per heavy atom. The molecule has 0 aliphatic heterocycles. The van der Waals surface area contributed by atoms with Gasteiger partial charge in [0, 0.05) is 5.56 Å². The second-order valence-corrected chi connectivity index (χ2v) is 5.11. The van der Waals surface area contributed by atoms with Crippen LogP contribution in [0.3, 0.4) is 0 Å². The van der Waals surface area contributed by atoms with E-state index in [-0.39, 0.29) is 11.4 Å². The molecule has 1 aromatic heterocycles. The fourth-order valence-electron chi connectivity index (χ4n) is 2.33. The molecule has 23 heavy (non-hydrogen) atoms. The van der Waals surface area contributed by atoms with E-state index < -0.39 is 23.1 Å². The molecule has 7 heteroatoms. The van der Waals surface area contributed by atoms with E-state index in [9.17, 15) is 22.4 Å². The van der Waals surface area contributed by atoms with E-state index in [1.807, 2.05) is 0 Å². The maximum atomic E-state index is 13.5. The lowest BCUT2D eigenvalue weighted by molar-refractivity contribution is -0.137. The minimum absolute atomic E-state index is 0.109. The van der Waals surface area contributed by atoms with E-state index in [2.05, 4.69) is 9.97 Å². The van der Waals surface area contributed by atoms with Crippen LogP contribution < -0.4 is 5.56 Å². The van der Waals surface area contributed by atoms with Crippen LogP contribution in [0.15, 0.2) is 41.2 Å². The van der Waals surface area contributed by atoms with Crippen LogP contribution in [0.5, 0.6) is 0 Å². The van der Waals surface area contributed by atoms with E-state index in [4.69, 9.17) is 0 Å². The van der Waals surface area contributed by atoms with Crippen LogP contribution in [0.4, 0.5) is 17.6 Å². The largest absolute Gasteiger partial charge is 0.416 e. The first-order valence-electron chi connectivity index (χ1n) is 6.63. The summed E-state index contributed by atoms with van der Waals surface area (Å²) in [6.07, 6.45) is -4.69. The van der Waals surface area contributed by atoms with Crippen molar-refractivity contribution in [1.29, 1.82) is 0 Å². The van der Waals surface area contributed by atoms with Crippen LogP contribution in [0.2, 0.25) is 0 Å².